The van der Waals surface area contributed by atoms with E-state index in [1.54, 1.807) is 24.3 Å². The molecule has 2 aromatic carbocycles. The minimum Gasteiger partial charge on any atom is -0.486 e. The molecule has 0 radical (unpaired) electrons. The summed E-state index contributed by atoms with van der Waals surface area (Å²) in [6.07, 6.45) is 1.04. The first-order chi connectivity index (χ1) is 14.4. The maximum absolute atomic E-state index is 12.9. The number of amides is 1. The van der Waals surface area contributed by atoms with E-state index in [1.807, 2.05) is 31.2 Å². The van der Waals surface area contributed by atoms with E-state index in [2.05, 4.69) is 5.32 Å². The van der Waals surface area contributed by atoms with E-state index >= 15 is 0 Å². The number of benzene rings is 2. The summed E-state index contributed by atoms with van der Waals surface area (Å²) >= 11 is 0. The second-order valence-corrected chi connectivity index (χ2v) is 9.70. The summed E-state index contributed by atoms with van der Waals surface area (Å²) in [6, 6.07) is 14.2. The van der Waals surface area contributed by atoms with Gasteiger partial charge in [0.15, 0.2) is 11.5 Å². The molecule has 2 aliphatic rings. The highest BCUT2D eigenvalue weighted by Gasteiger charge is 2.33. The SMILES string of the molecule is Cc1ccc(S(=O)(=O)N2CCC[C@H](C(=O)NC[C@@H]3COc4ccccc4O3)C2)cc1. The topological polar surface area (TPSA) is 84.9 Å². The Kier molecular flexibility index (Phi) is 5.97. The van der Waals surface area contributed by atoms with Crippen LogP contribution in [-0.2, 0) is 14.8 Å². The van der Waals surface area contributed by atoms with Crippen molar-refractivity contribution in [1.29, 1.82) is 0 Å². The Morgan fingerprint density at radius 2 is 1.87 bits per heavy atom. The number of hydrogen-bond acceptors (Lipinski definition) is 5. The van der Waals surface area contributed by atoms with Crippen LogP contribution in [0.15, 0.2) is 53.4 Å². The summed E-state index contributed by atoms with van der Waals surface area (Å²) in [7, 11) is -3.61. The first kappa shape index (κ1) is 20.7. The molecule has 0 aromatic heterocycles. The van der Waals surface area contributed by atoms with Crippen molar-refractivity contribution in [3.05, 3.63) is 54.1 Å². The van der Waals surface area contributed by atoms with E-state index in [1.165, 1.54) is 4.31 Å². The fraction of sp³-hybridized carbons (Fsp3) is 0.409. The Bertz CT molecular complexity index is 1010. The molecule has 2 aromatic rings. The molecule has 1 fully saturated rings. The van der Waals surface area contributed by atoms with Crippen LogP contribution in [0.5, 0.6) is 11.5 Å². The molecule has 0 bridgehead atoms. The minimum absolute atomic E-state index is 0.152. The van der Waals surface area contributed by atoms with Crippen molar-refractivity contribution in [1.82, 2.24) is 9.62 Å². The summed E-state index contributed by atoms with van der Waals surface area (Å²) < 4.78 is 38.8. The van der Waals surface area contributed by atoms with Crippen molar-refractivity contribution >= 4 is 15.9 Å². The molecular formula is C22H26N2O5S. The number of carbonyl (C=O) groups excluding carboxylic acids is 1. The number of aryl methyl sites for hydroxylation is 1. The number of rotatable bonds is 5. The first-order valence-electron chi connectivity index (χ1n) is 10.2. The monoisotopic (exact) mass is 430 g/mol. The molecule has 1 N–H and O–H groups in total. The van der Waals surface area contributed by atoms with Gasteiger partial charge in [-0.05, 0) is 44.0 Å². The molecule has 2 heterocycles. The van der Waals surface area contributed by atoms with E-state index in [4.69, 9.17) is 9.47 Å². The van der Waals surface area contributed by atoms with Crippen molar-refractivity contribution in [2.24, 2.45) is 5.92 Å². The molecule has 7 nitrogen and oxygen atoms in total. The number of carbonyl (C=O) groups is 1. The quantitative estimate of drug-likeness (QED) is 0.787. The van der Waals surface area contributed by atoms with Crippen molar-refractivity contribution in [2.45, 2.75) is 30.8 Å². The van der Waals surface area contributed by atoms with Crippen molar-refractivity contribution in [2.75, 3.05) is 26.2 Å². The fourth-order valence-electron chi connectivity index (χ4n) is 3.76. The predicted molar refractivity (Wildman–Crippen MR) is 112 cm³/mol. The predicted octanol–water partition coefficient (Wildman–Crippen LogP) is 2.35. The van der Waals surface area contributed by atoms with Gasteiger partial charge in [0.2, 0.25) is 15.9 Å². The average Bonchev–Trinajstić information content (AvgIpc) is 2.77. The molecule has 0 spiro atoms. The van der Waals surface area contributed by atoms with Gasteiger partial charge in [-0.15, -0.1) is 0 Å². The minimum atomic E-state index is -3.61. The average molecular weight is 431 g/mol. The van der Waals surface area contributed by atoms with Gasteiger partial charge in [-0.25, -0.2) is 8.42 Å². The van der Waals surface area contributed by atoms with Crippen molar-refractivity contribution in [3.63, 3.8) is 0 Å². The third-order valence-electron chi connectivity index (χ3n) is 5.49. The molecule has 0 saturated carbocycles. The van der Waals surface area contributed by atoms with Crippen LogP contribution >= 0.6 is 0 Å². The van der Waals surface area contributed by atoms with Gasteiger partial charge in [-0.3, -0.25) is 4.79 Å². The molecule has 30 heavy (non-hydrogen) atoms. The van der Waals surface area contributed by atoms with Crippen LogP contribution < -0.4 is 14.8 Å². The number of fused-ring (bicyclic) bond motifs is 1. The molecule has 1 saturated heterocycles. The van der Waals surface area contributed by atoms with Gasteiger partial charge in [0.25, 0.3) is 0 Å². The summed E-state index contributed by atoms with van der Waals surface area (Å²) in [4.78, 5) is 13.0. The summed E-state index contributed by atoms with van der Waals surface area (Å²) in [5, 5.41) is 2.91. The van der Waals surface area contributed by atoms with E-state index < -0.39 is 10.0 Å². The molecule has 0 aliphatic carbocycles. The molecule has 2 aliphatic heterocycles. The number of sulfonamides is 1. The highest BCUT2D eigenvalue weighted by atomic mass is 32.2. The molecule has 1 amide bonds. The number of para-hydroxylation sites is 2. The van der Waals surface area contributed by atoms with Crippen LogP contribution in [0.25, 0.3) is 0 Å². The maximum atomic E-state index is 12.9. The fourth-order valence-corrected chi connectivity index (χ4v) is 5.28. The first-order valence-corrected chi connectivity index (χ1v) is 11.6. The number of ether oxygens (including phenoxy) is 2. The van der Waals surface area contributed by atoms with Gasteiger partial charge in [-0.1, -0.05) is 29.8 Å². The molecule has 0 unspecified atom stereocenters. The van der Waals surface area contributed by atoms with Crippen LogP contribution in [0, 0.1) is 12.8 Å². The second kappa shape index (κ2) is 8.65. The zero-order valence-electron chi connectivity index (χ0n) is 16.9. The van der Waals surface area contributed by atoms with E-state index in [0.717, 1.165) is 5.56 Å². The molecule has 2 atom stereocenters. The lowest BCUT2D eigenvalue weighted by Gasteiger charge is -2.32. The van der Waals surface area contributed by atoms with Crippen LogP contribution in [-0.4, -0.2) is 51.0 Å². The van der Waals surface area contributed by atoms with Crippen LogP contribution in [0.4, 0.5) is 0 Å². The van der Waals surface area contributed by atoms with Gasteiger partial charge >= 0.3 is 0 Å². The largest absolute Gasteiger partial charge is 0.486 e. The summed E-state index contributed by atoms with van der Waals surface area (Å²) in [5.74, 6) is 0.831. The van der Waals surface area contributed by atoms with Gasteiger partial charge < -0.3 is 14.8 Å². The van der Waals surface area contributed by atoms with Gasteiger partial charge in [0, 0.05) is 13.1 Å². The summed E-state index contributed by atoms with van der Waals surface area (Å²) in [5.41, 5.74) is 1.00. The Hall–Kier alpha value is -2.58. The van der Waals surface area contributed by atoms with Crippen LogP contribution in [0.2, 0.25) is 0 Å². The third-order valence-corrected chi connectivity index (χ3v) is 7.36. The van der Waals surface area contributed by atoms with E-state index in [-0.39, 0.29) is 29.4 Å². The smallest absolute Gasteiger partial charge is 0.243 e. The van der Waals surface area contributed by atoms with Crippen molar-refractivity contribution < 1.29 is 22.7 Å². The second-order valence-electron chi connectivity index (χ2n) is 7.76. The number of nitrogens with zero attached hydrogens (tertiary/aromatic N) is 1. The van der Waals surface area contributed by atoms with Gasteiger partial charge in [0.05, 0.1) is 17.4 Å². The molecular weight excluding hydrogens is 404 g/mol. The zero-order chi connectivity index (χ0) is 21.1. The normalized spacial score (nSPS) is 21.8. The Morgan fingerprint density at radius 3 is 2.63 bits per heavy atom. The van der Waals surface area contributed by atoms with Gasteiger partial charge in [0.1, 0.15) is 12.7 Å². The summed E-state index contributed by atoms with van der Waals surface area (Å²) in [6.45, 7) is 3.20. The van der Waals surface area contributed by atoms with E-state index in [9.17, 15) is 13.2 Å². The number of piperidine rings is 1. The molecule has 160 valence electrons. The lowest BCUT2D eigenvalue weighted by molar-refractivity contribution is -0.126. The molecule has 8 heteroatoms. The zero-order valence-corrected chi connectivity index (χ0v) is 17.7. The molecule has 4 rings (SSSR count). The van der Waals surface area contributed by atoms with Crippen LogP contribution in [0.1, 0.15) is 18.4 Å². The highest BCUT2D eigenvalue weighted by Crippen LogP contribution is 2.30. The Balaban J connectivity index is 1.34. The Labute approximate surface area is 177 Å². The lowest BCUT2D eigenvalue weighted by Crippen LogP contribution is -2.48. The van der Waals surface area contributed by atoms with E-state index in [0.29, 0.717) is 44.0 Å². The highest BCUT2D eigenvalue weighted by molar-refractivity contribution is 7.89. The number of hydrogen-bond donors (Lipinski definition) is 1. The third kappa shape index (κ3) is 4.44. The van der Waals surface area contributed by atoms with Gasteiger partial charge in [-0.2, -0.15) is 4.31 Å². The standard InChI is InChI=1S/C22H26N2O5S/c1-16-8-10-19(11-9-16)30(26,27)24-12-4-5-17(14-24)22(25)23-13-18-15-28-20-6-2-3-7-21(20)29-18/h2-3,6-11,17-18H,4-5,12-15H2,1H3,(H,23,25)/t17-,18+/m0/s1. The lowest BCUT2D eigenvalue weighted by atomic mass is 9.99. The number of nitrogens with one attached hydrogen (secondary N) is 1. The maximum Gasteiger partial charge on any atom is 0.243 e. The van der Waals surface area contributed by atoms with Crippen molar-refractivity contribution in [3.8, 4) is 11.5 Å². The Morgan fingerprint density at radius 1 is 1.13 bits per heavy atom. The van der Waals surface area contributed by atoms with Crippen LogP contribution in [0.3, 0.4) is 0 Å².